The van der Waals surface area contributed by atoms with Crippen LogP contribution in [0.15, 0.2) is 12.3 Å². The molecule has 2 heterocycles. The monoisotopic (exact) mass is 279 g/mol. The van der Waals surface area contributed by atoms with Crippen molar-refractivity contribution >= 4 is 22.8 Å². The third-order valence-electron chi connectivity index (χ3n) is 3.35. The molecule has 0 fully saturated rings. The molecule has 0 unspecified atom stereocenters. The van der Waals surface area contributed by atoms with Crippen LogP contribution in [0.1, 0.15) is 44.0 Å². The number of nitrogens with zero attached hydrogens (tertiary/aromatic N) is 3. The second-order valence-electron chi connectivity index (χ2n) is 5.03. The Balaban J connectivity index is 2.24. The van der Waals surface area contributed by atoms with E-state index in [-0.39, 0.29) is 0 Å². The molecule has 4 heteroatoms. The van der Waals surface area contributed by atoms with Crippen LogP contribution >= 0.6 is 11.6 Å². The Morgan fingerprint density at radius 3 is 2.84 bits per heavy atom. The average molecular weight is 280 g/mol. The summed E-state index contributed by atoms with van der Waals surface area (Å²) in [5, 5.41) is 0. The van der Waals surface area contributed by atoms with Crippen LogP contribution in [0.3, 0.4) is 0 Å². The number of unbranched alkanes of at least 4 members (excludes halogenated alkanes) is 3. The van der Waals surface area contributed by atoms with Gasteiger partial charge in [-0.05, 0) is 25.0 Å². The fraction of sp³-hybridized carbons (Fsp3) is 0.600. The Labute approximate surface area is 120 Å². The quantitative estimate of drug-likeness (QED) is 0.564. The van der Waals surface area contributed by atoms with E-state index in [0.717, 1.165) is 35.5 Å². The Hall–Kier alpha value is -1.09. The molecule has 0 aromatic carbocycles. The van der Waals surface area contributed by atoms with Gasteiger partial charge in [0.15, 0.2) is 5.65 Å². The highest BCUT2D eigenvalue weighted by molar-refractivity contribution is 6.17. The highest BCUT2D eigenvalue weighted by Gasteiger charge is 2.11. The number of aromatic nitrogens is 3. The second-order valence-corrected chi connectivity index (χ2v) is 5.41. The first-order valence-electron chi connectivity index (χ1n) is 7.14. The first-order valence-corrected chi connectivity index (χ1v) is 7.67. The molecule has 0 saturated heterocycles. The van der Waals surface area contributed by atoms with Gasteiger partial charge in [0.05, 0.1) is 0 Å². The van der Waals surface area contributed by atoms with Gasteiger partial charge in [0.2, 0.25) is 0 Å². The van der Waals surface area contributed by atoms with Crippen molar-refractivity contribution in [1.29, 1.82) is 0 Å². The summed E-state index contributed by atoms with van der Waals surface area (Å²) in [6.45, 7) is 5.28. The number of halogens is 1. The van der Waals surface area contributed by atoms with Crippen LogP contribution in [0, 0.1) is 6.92 Å². The van der Waals surface area contributed by atoms with Crippen molar-refractivity contribution < 1.29 is 0 Å². The van der Waals surface area contributed by atoms with Crippen LogP contribution < -0.4 is 0 Å². The highest BCUT2D eigenvalue weighted by atomic mass is 35.5. The molecule has 3 nitrogen and oxygen atoms in total. The molecule has 0 spiro atoms. The molecule has 2 aromatic rings. The van der Waals surface area contributed by atoms with Crippen LogP contribution in [-0.4, -0.2) is 20.4 Å². The molecule has 0 aliphatic rings. The molecule has 0 bridgehead atoms. The Morgan fingerprint density at radius 2 is 2.11 bits per heavy atom. The molecule has 104 valence electrons. The summed E-state index contributed by atoms with van der Waals surface area (Å²) in [5.41, 5.74) is 3.15. The van der Waals surface area contributed by atoms with E-state index in [1.165, 1.54) is 25.7 Å². The van der Waals surface area contributed by atoms with E-state index >= 15 is 0 Å². The first kappa shape index (κ1) is 14.3. The summed E-state index contributed by atoms with van der Waals surface area (Å²) in [7, 11) is 0. The summed E-state index contributed by atoms with van der Waals surface area (Å²) in [6.07, 6.45) is 7.73. The lowest BCUT2D eigenvalue weighted by atomic mass is 10.2. The third kappa shape index (κ3) is 3.47. The van der Waals surface area contributed by atoms with Crippen molar-refractivity contribution in [2.75, 3.05) is 5.88 Å². The van der Waals surface area contributed by atoms with Gasteiger partial charge in [-0.1, -0.05) is 26.2 Å². The minimum absolute atomic E-state index is 0.608. The highest BCUT2D eigenvalue weighted by Crippen LogP contribution is 2.17. The van der Waals surface area contributed by atoms with Crippen molar-refractivity contribution in [1.82, 2.24) is 14.5 Å². The maximum atomic E-state index is 5.88. The van der Waals surface area contributed by atoms with Crippen molar-refractivity contribution in [2.45, 2.75) is 52.5 Å². The molecule has 0 saturated carbocycles. The van der Waals surface area contributed by atoms with Gasteiger partial charge in [0, 0.05) is 25.0 Å². The van der Waals surface area contributed by atoms with Gasteiger partial charge < -0.3 is 4.57 Å². The summed E-state index contributed by atoms with van der Waals surface area (Å²) in [6, 6.07) is 2.10. The molecule has 0 radical (unpaired) electrons. The number of fused-ring (bicyclic) bond motifs is 1. The third-order valence-corrected chi connectivity index (χ3v) is 3.54. The predicted molar refractivity (Wildman–Crippen MR) is 80.8 cm³/mol. The summed E-state index contributed by atoms with van der Waals surface area (Å²) >= 11 is 5.88. The number of pyridine rings is 1. The van der Waals surface area contributed by atoms with Crippen LogP contribution in [0.4, 0.5) is 0 Å². The van der Waals surface area contributed by atoms with Crippen LogP contribution in [0.25, 0.3) is 11.2 Å². The lowest BCUT2D eigenvalue weighted by Crippen LogP contribution is -2.05. The van der Waals surface area contributed by atoms with Crippen LogP contribution in [0.2, 0.25) is 0 Å². The maximum Gasteiger partial charge on any atom is 0.160 e. The lowest BCUT2D eigenvalue weighted by molar-refractivity contribution is 0.574. The predicted octanol–water partition coefficient (Wildman–Crippen LogP) is 4.10. The lowest BCUT2D eigenvalue weighted by Gasteiger charge is -2.07. The minimum atomic E-state index is 0.608. The summed E-state index contributed by atoms with van der Waals surface area (Å²) in [5.74, 6) is 1.68. The topological polar surface area (TPSA) is 30.7 Å². The second kappa shape index (κ2) is 6.90. The number of imidazole rings is 1. The van der Waals surface area contributed by atoms with Gasteiger partial charge in [0.25, 0.3) is 0 Å². The largest absolute Gasteiger partial charge is 0.313 e. The summed E-state index contributed by atoms with van der Waals surface area (Å²) in [4.78, 5) is 9.22. The Morgan fingerprint density at radius 1 is 1.26 bits per heavy atom. The molecule has 0 N–H and O–H groups in total. The van der Waals surface area contributed by atoms with Gasteiger partial charge in [-0.25, -0.2) is 9.97 Å². The number of rotatable bonds is 7. The van der Waals surface area contributed by atoms with Crippen LogP contribution in [0.5, 0.6) is 0 Å². The van der Waals surface area contributed by atoms with E-state index in [1.54, 1.807) is 0 Å². The molecule has 0 aliphatic heterocycles. The van der Waals surface area contributed by atoms with Crippen LogP contribution in [-0.2, 0) is 13.0 Å². The molecule has 2 rings (SSSR count). The van der Waals surface area contributed by atoms with Gasteiger partial charge in [-0.3, -0.25) is 0 Å². The number of hydrogen-bond donors (Lipinski definition) is 0. The molecule has 0 amide bonds. The maximum absolute atomic E-state index is 5.88. The van der Waals surface area contributed by atoms with E-state index in [9.17, 15) is 0 Å². The molecular weight excluding hydrogens is 258 g/mol. The molecular formula is C15H22ClN3. The molecule has 2 aromatic heterocycles. The Bertz CT molecular complexity index is 533. The van der Waals surface area contributed by atoms with E-state index in [4.69, 9.17) is 11.6 Å². The number of aryl methyl sites for hydroxylation is 3. The van der Waals surface area contributed by atoms with Crippen molar-refractivity contribution in [2.24, 2.45) is 0 Å². The van der Waals surface area contributed by atoms with E-state index < -0.39 is 0 Å². The van der Waals surface area contributed by atoms with E-state index in [1.807, 2.05) is 13.1 Å². The van der Waals surface area contributed by atoms with E-state index in [0.29, 0.717) is 5.88 Å². The molecule has 0 aliphatic carbocycles. The van der Waals surface area contributed by atoms with Gasteiger partial charge in [-0.2, -0.15) is 0 Å². The zero-order chi connectivity index (χ0) is 13.7. The Kier molecular flexibility index (Phi) is 5.20. The standard InChI is InChI=1S/C15H22ClN3/c1-3-4-5-6-9-19-14(7-8-16)18-13-10-12(2)11-17-15(13)19/h10-11H,3-9H2,1-2H3. The van der Waals surface area contributed by atoms with Crippen molar-refractivity contribution in [3.63, 3.8) is 0 Å². The van der Waals surface area contributed by atoms with Gasteiger partial charge in [-0.15, -0.1) is 11.6 Å². The smallest absolute Gasteiger partial charge is 0.160 e. The normalized spacial score (nSPS) is 11.3. The van der Waals surface area contributed by atoms with Crippen molar-refractivity contribution in [3.05, 3.63) is 23.7 Å². The minimum Gasteiger partial charge on any atom is -0.313 e. The van der Waals surface area contributed by atoms with E-state index in [2.05, 4.69) is 27.5 Å². The molecule has 0 atom stereocenters. The first-order chi connectivity index (χ1) is 9.26. The van der Waals surface area contributed by atoms with Crippen molar-refractivity contribution in [3.8, 4) is 0 Å². The summed E-state index contributed by atoms with van der Waals surface area (Å²) < 4.78 is 2.24. The SMILES string of the molecule is CCCCCCn1c(CCCl)nc2cc(C)cnc21. The molecule has 19 heavy (non-hydrogen) atoms. The number of hydrogen-bond acceptors (Lipinski definition) is 2. The number of alkyl halides is 1. The average Bonchev–Trinajstić information content (AvgIpc) is 2.72. The zero-order valence-electron chi connectivity index (χ0n) is 11.8. The van der Waals surface area contributed by atoms with Gasteiger partial charge in [0.1, 0.15) is 11.3 Å². The van der Waals surface area contributed by atoms with Gasteiger partial charge >= 0.3 is 0 Å². The fourth-order valence-corrected chi connectivity index (χ4v) is 2.53. The fourth-order valence-electron chi connectivity index (χ4n) is 2.37. The zero-order valence-corrected chi connectivity index (χ0v) is 12.6.